The summed E-state index contributed by atoms with van der Waals surface area (Å²) in [6.07, 6.45) is 5.58. The van der Waals surface area contributed by atoms with Crippen LogP contribution in [0, 0.1) is 19.3 Å². The number of nitrogens with one attached hydrogen (secondary N) is 1. The third-order valence-electron chi connectivity index (χ3n) is 8.13. The molecule has 1 saturated heterocycles. The fraction of sp³-hybridized carbons (Fsp3) is 0.643. The van der Waals surface area contributed by atoms with Crippen LogP contribution < -0.4 is 5.32 Å². The predicted molar refractivity (Wildman–Crippen MR) is 136 cm³/mol. The highest BCUT2D eigenvalue weighted by Crippen LogP contribution is 2.41. The van der Waals surface area contributed by atoms with Gasteiger partial charge >= 0.3 is 0 Å². The Balaban J connectivity index is 1.32. The number of aromatic nitrogens is 3. The molecule has 1 aliphatic heterocycles. The summed E-state index contributed by atoms with van der Waals surface area (Å²) in [5.74, 6) is 0.354. The topological polar surface area (TPSA) is 100 Å². The average Bonchev–Trinajstić information content (AvgIpc) is 3.39. The van der Waals surface area contributed by atoms with Gasteiger partial charge in [0.1, 0.15) is 12.1 Å². The molecule has 2 N–H and O–H groups in total. The number of β-amino-alcohol motifs (C(OH)–C–C–N with tert-alkyl or cyclic N) is 1. The number of likely N-dealkylation sites (tertiary alicyclic amines) is 1. The summed E-state index contributed by atoms with van der Waals surface area (Å²) in [6, 6.07) is 5.23. The summed E-state index contributed by atoms with van der Waals surface area (Å²) in [5.41, 5.74) is 4.24. The van der Waals surface area contributed by atoms with Crippen LogP contribution in [0.25, 0.3) is 0 Å². The molecule has 3 fully saturated rings. The molecule has 2 amide bonds. The Hall–Kier alpha value is -2.74. The van der Waals surface area contributed by atoms with Gasteiger partial charge in [-0.05, 0) is 56.1 Å². The molecule has 2 aromatic rings. The SMILES string of the molecule is Cc1ccc(C2CCC2NC(=O)C2CC(O)CN2C(=O)[C@@H](n2cc(C3CC3)nn2)C(C)(C)C)c(C)c1. The van der Waals surface area contributed by atoms with Crippen LogP contribution in [0.5, 0.6) is 0 Å². The van der Waals surface area contributed by atoms with E-state index in [4.69, 9.17) is 0 Å². The minimum Gasteiger partial charge on any atom is -0.391 e. The van der Waals surface area contributed by atoms with Crippen molar-refractivity contribution in [3.8, 4) is 0 Å². The Morgan fingerprint density at radius 2 is 1.89 bits per heavy atom. The first-order valence-corrected chi connectivity index (χ1v) is 13.3. The van der Waals surface area contributed by atoms with Gasteiger partial charge in [-0.2, -0.15) is 0 Å². The van der Waals surface area contributed by atoms with Crippen molar-refractivity contribution in [3.05, 3.63) is 46.8 Å². The van der Waals surface area contributed by atoms with Crippen LogP contribution in [-0.4, -0.2) is 61.5 Å². The number of aliphatic hydroxyl groups is 1. The van der Waals surface area contributed by atoms with E-state index in [9.17, 15) is 14.7 Å². The Morgan fingerprint density at radius 3 is 2.50 bits per heavy atom. The van der Waals surface area contributed by atoms with Gasteiger partial charge in [0.2, 0.25) is 11.8 Å². The van der Waals surface area contributed by atoms with Crippen LogP contribution in [0.4, 0.5) is 0 Å². The van der Waals surface area contributed by atoms with Crippen LogP contribution in [0.1, 0.15) is 93.1 Å². The van der Waals surface area contributed by atoms with Crippen molar-refractivity contribution >= 4 is 11.8 Å². The molecule has 0 spiro atoms. The second-order valence-electron chi connectivity index (χ2n) is 12.2. The Kier molecular flexibility index (Phi) is 6.43. The predicted octanol–water partition coefficient (Wildman–Crippen LogP) is 3.38. The minimum atomic E-state index is -0.723. The van der Waals surface area contributed by atoms with E-state index in [2.05, 4.69) is 47.7 Å². The van der Waals surface area contributed by atoms with Crippen LogP contribution in [0.3, 0.4) is 0 Å². The molecule has 194 valence electrons. The van der Waals surface area contributed by atoms with E-state index in [1.54, 1.807) is 9.58 Å². The monoisotopic (exact) mass is 493 g/mol. The summed E-state index contributed by atoms with van der Waals surface area (Å²) in [7, 11) is 0. The van der Waals surface area contributed by atoms with Crippen molar-refractivity contribution in [1.82, 2.24) is 25.2 Å². The molecule has 2 aliphatic carbocycles. The van der Waals surface area contributed by atoms with Gasteiger partial charge in [0.25, 0.3) is 0 Å². The van der Waals surface area contributed by atoms with Gasteiger partial charge in [-0.3, -0.25) is 9.59 Å². The van der Waals surface area contributed by atoms with Crippen molar-refractivity contribution in [2.75, 3.05) is 6.54 Å². The van der Waals surface area contributed by atoms with Gasteiger partial charge in [-0.1, -0.05) is 49.7 Å². The number of carbonyl (C=O) groups excluding carboxylic acids is 2. The van der Waals surface area contributed by atoms with Crippen LogP contribution >= 0.6 is 0 Å². The minimum absolute atomic E-state index is 0.0448. The van der Waals surface area contributed by atoms with E-state index in [0.29, 0.717) is 5.92 Å². The maximum absolute atomic E-state index is 13.9. The Labute approximate surface area is 213 Å². The molecule has 8 nitrogen and oxygen atoms in total. The first-order chi connectivity index (χ1) is 17.0. The molecule has 0 bridgehead atoms. The fourth-order valence-electron chi connectivity index (χ4n) is 5.89. The molecule has 0 radical (unpaired) electrons. The second kappa shape index (κ2) is 9.29. The number of aryl methyl sites for hydroxylation is 2. The van der Waals surface area contributed by atoms with E-state index in [-0.39, 0.29) is 36.7 Å². The van der Waals surface area contributed by atoms with E-state index in [1.807, 2.05) is 27.0 Å². The zero-order chi connectivity index (χ0) is 25.8. The third-order valence-corrected chi connectivity index (χ3v) is 8.13. The number of nitrogens with zero attached hydrogens (tertiary/aromatic N) is 4. The number of aliphatic hydroxyl groups excluding tert-OH is 1. The number of hydrogen-bond donors (Lipinski definition) is 2. The van der Waals surface area contributed by atoms with Gasteiger partial charge < -0.3 is 15.3 Å². The van der Waals surface area contributed by atoms with Gasteiger partial charge in [-0.25, -0.2) is 4.68 Å². The number of hydrogen-bond acceptors (Lipinski definition) is 5. The van der Waals surface area contributed by atoms with Gasteiger partial charge in [0.15, 0.2) is 0 Å². The van der Waals surface area contributed by atoms with Gasteiger partial charge in [0.05, 0.1) is 11.8 Å². The van der Waals surface area contributed by atoms with Crippen molar-refractivity contribution < 1.29 is 14.7 Å². The number of benzene rings is 1. The second-order valence-corrected chi connectivity index (χ2v) is 12.2. The highest BCUT2D eigenvalue weighted by Gasteiger charge is 2.46. The van der Waals surface area contributed by atoms with E-state index < -0.39 is 23.6 Å². The first kappa shape index (κ1) is 24.9. The van der Waals surface area contributed by atoms with E-state index >= 15 is 0 Å². The average molecular weight is 494 g/mol. The fourth-order valence-corrected chi connectivity index (χ4v) is 5.89. The smallest absolute Gasteiger partial charge is 0.248 e. The number of rotatable bonds is 6. The molecular formula is C28H39N5O3. The van der Waals surface area contributed by atoms with Crippen molar-refractivity contribution in [2.45, 2.75) is 103 Å². The van der Waals surface area contributed by atoms with Crippen LogP contribution in [0.2, 0.25) is 0 Å². The molecule has 4 unspecified atom stereocenters. The quantitative estimate of drug-likeness (QED) is 0.643. The van der Waals surface area contributed by atoms with E-state index in [1.165, 1.54) is 16.7 Å². The highest BCUT2D eigenvalue weighted by atomic mass is 16.3. The lowest BCUT2D eigenvalue weighted by Gasteiger charge is -2.40. The van der Waals surface area contributed by atoms with Crippen molar-refractivity contribution in [1.29, 1.82) is 0 Å². The highest BCUT2D eigenvalue weighted by molar-refractivity contribution is 5.90. The summed E-state index contributed by atoms with van der Waals surface area (Å²) >= 11 is 0. The van der Waals surface area contributed by atoms with Crippen molar-refractivity contribution in [3.63, 3.8) is 0 Å². The summed E-state index contributed by atoms with van der Waals surface area (Å²) in [6.45, 7) is 10.4. The molecule has 5 atom stereocenters. The molecular weight excluding hydrogens is 454 g/mol. The summed E-state index contributed by atoms with van der Waals surface area (Å²) in [4.78, 5) is 29.0. The lowest BCUT2D eigenvalue weighted by atomic mass is 9.73. The number of carbonyl (C=O) groups is 2. The molecule has 1 aromatic heterocycles. The molecule has 2 heterocycles. The summed E-state index contributed by atoms with van der Waals surface area (Å²) < 4.78 is 1.66. The zero-order valence-electron chi connectivity index (χ0n) is 22.1. The van der Waals surface area contributed by atoms with Gasteiger partial charge in [-0.15, -0.1) is 5.10 Å². The maximum Gasteiger partial charge on any atom is 0.248 e. The van der Waals surface area contributed by atoms with E-state index in [0.717, 1.165) is 31.4 Å². The molecule has 5 rings (SSSR count). The lowest BCUT2D eigenvalue weighted by molar-refractivity contribution is -0.144. The summed E-state index contributed by atoms with van der Waals surface area (Å²) in [5, 5.41) is 22.3. The third kappa shape index (κ3) is 4.80. The molecule has 8 heteroatoms. The van der Waals surface area contributed by atoms with Crippen LogP contribution in [0.15, 0.2) is 24.4 Å². The van der Waals surface area contributed by atoms with Gasteiger partial charge in [0, 0.05) is 37.0 Å². The zero-order valence-corrected chi connectivity index (χ0v) is 22.1. The Bertz CT molecular complexity index is 1150. The van der Waals surface area contributed by atoms with Crippen molar-refractivity contribution in [2.24, 2.45) is 5.41 Å². The molecule has 3 aliphatic rings. The Morgan fingerprint density at radius 1 is 1.14 bits per heavy atom. The molecule has 1 aromatic carbocycles. The molecule has 36 heavy (non-hydrogen) atoms. The normalized spacial score (nSPS) is 27.0. The largest absolute Gasteiger partial charge is 0.391 e. The lowest BCUT2D eigenvalue weighted by Crippen LogP contribution is -2.54. The first-order valence-electron chi connectivity index (χ1n) is 13.3. The maximum atomic E-state index is 13.9. The van der Waals surface area contributed by atoms with Crippen LogP contribution in [-0.2, 0) is 9.59 Å². The number of amides is 2. The molecule has 2 saturated carbocycles. The standard InChI is InChI=1S/C28H39N5O3/c1-16-6-9-20(17(2)12-16)21-10-11-22(21)29-26(35)24-13-19(34)14-32(24)27(36)25(28(3,4)5)33-15-23(30-31-33)18-7-8-18/h6,9,12,15,18-19,21-22,24-25,34H,7-8,10-11,13-14H2,1-5H3,(H,29,35)/t19?,21?,22?,24?,25-/m1/s1.